The third kappa shape index (κ3) is 3.03. The number of rotatable bonds is 3. The zero-order chi connectivity index (χ0) is 20.0. The van der Waals surface area contributed by atoms with E-state index in [-0.39, 0.29) is 18.1 Å². The van der Waals surface area contributed by atoms with Gasteiger partial charge in [-0.25, -0.2) is 4.68 Å². The van der Waals surface area contributed by atoms with Crippen LogP contribution in [0, 0.1) is 27.7 Å². The molecule has 0 unspecified atom stereocenters. The molecule has 3 aromatic rings. The normalized spacial score (nSPS) is 15.9. The van der Waals surface area contributed by atoms with Gasteiger partial charge in [0.15, 0.2) is 5.78 Å². The standard InChI is InChI=1S/C23H23N3O2/c1-13-5-8-17(9-6-13)22(28)19-12-20(27)24-23-21(19)16(4)25-26(23)18-10-7-14(2)15(3)11-18/h5-11,19H,12H2,1-4H3,(H,24,27)/t19-/m0/s1. The SMILES string of the molecule is Cc1ccc(C(=O)[C@H]2CC(=O)Nc3c2c(C)nn3-c2ccc(C)c(C)c2)cc1. The lowest BCUT2D eigenvalue weighted by molar-refractivity contribution is -0.116. The van der Waals surface area contributed by atoms with Crippen LogP contribution in [0.3, 0.4) is 0 Å². The Labute approximate surface area is 164 Å². The van der Waals surface area contributed by atoms with E-state index >= 15 is 0 Å². The quantitative estimate of drug-likeness (QED) is 0.692. The number of amides is 1. The van der Waals surface area contributed by atoms with Gasteiger partial charge in [0.05, 0.1) is 17.3 Å². The average Bonchev–Trinajstić information content (AvgIpc) is 3.00. The van der Waals surface area contributed by atoms with Crippen LogP contribution in [0.15, 0.2) is 42.5 Å². The highest BCUT2D eigenvalue weighted by molar-refractivity contribution is 6.08. The topological polar surface area (TPSA) is 64.0 Å². The zero-order valence-corrected chi connectivity index (χ0v) is 16.5. The molecule has 1 amide bonds. The fourth-order valence-electron chi connectivity index (χ4n) is 3.73. The summed E-state index contributed by atoms with van der Waals surface area (Å²) in [4.78, 5) is 25.6. The number of carbonyl (C=O) groups is 2. The predicted octanol–water partition coefficient (Wildman–Crippen LogP) is 4.41. The van der Waals surface area contributed by atoms with Gasteiger partial charge in [0, 0.05) is 17.5 Å². The number of hydrogen-bond acceptors (Lipinski definition) is 3. The number of anilines is 1. The summed E-state index contributed by atoms with van der Waals surface area (Å²) < 4.78 is 1.74. The van der Waals surface area contributed by atoms with Gasteiger partial charge in [-0.15, -0.1) is 0 Å². The highest BCUT2D eigenvalue weighted by atomic mass is 16.2. The van der Waals surface area contributed by atoms with E-state index in [0.29, 0.717) is 11.4 Å². The second-order valence-electron chi connectivity index (χ2n) is 7.56. The van der Waals surface area contributed by atoms with Crippen molar-refractivity contribution in [2.24, 2.45) is 0 Å². The Morgan fingerprint density at radius 2 is 1.75 bits per heavy atom. The number of nitrogens with zero attached hydrogens (tertiary/aromatic N) is 2. The molecule has 0 spiro atoms. The zero-order valence-electron chi connectivity index (χ0n) is 16.5. The third-order valence-corrected chi connectivity index (χ3v) is 5.49. The van der Waals surface area contributed by atoms with Crippen molar-refractivity contribution in [1.82, 2.24) is 9.78 Å². The van der Waals surface area contributed by atoms with Gasteiger partial charge in [-0.1, -0.05) is 35.9 Å². The van der Waals surface area contributed by atoms with E-state index in [9.17, 15) is 9.59 Å². The molecule has 142 valence electrons. The summed E-state index contributed by atoms with van der Waals surface area (Å²) in [5, 5.41) is 7.59. The molecule has 0 saturated heterocycles. The minimum atomic E-state index is -0.522. The molecule has 0 fully saturated rings. The van der Waals surface area contributed by atoms with Crippen LogP contribution in [-0.4, -0.2) is 21.5 Å². The maximum atomic E-state index is 13.2. The van der Waals surface area contributed by atoms with Crippen LogP contribution in [0.2, 0.25) is 0 Å². The molecule has 1 aliphatic heterocycles. The Morgan fingerprint density at radius 1 is 1.04 bits per heavy atom. The minimum Gasteiger partial charge on any atom is -0.310 e. The monoisotopic (exact) mass is 373 g/mol. The summed E-state index contributed by atoms with van der Waals surface area (Å²) in [7, 11) is 0. The molecule has 28 heavy (non-hydrogen) atoms. The summed E-state index contributed by atoms with van der Waals surface area (Å²) in [6, 6.07) is 13.5. The van der Waals surface area contributed by atoms with E-state index < -0.39 is 5.92 Å². The maximum absolute atomic E-state index is 13.2. The molecule has 5 nitrogen and oxygen atoms in total. The first-order chi connectivity index (χ1) is 13.3. The van der Waals surface area contributed by atoms with Crippen LogP contribution in [0.1, 0.15) is 50.6 Å². The van der Waals surface area contributed by atoms with E-state index in [0.717, 1.165) is 28.1 Å². The molecule has 2 aromatic carbocycles. The van der Waals surface area contributed by atoms with E-state index in [1.165, 1.54) is 5.56 Å². The first kappa shape index (κ1) is 18.2. The molecule has 1 aliphatic rings. The van der Waals surface area contributed by atoms with Crippen molar-refractivity contribution < 1.29 is 9.59 Å². The molecule has 1 aromatic heterocycles. The van der Waals surface area contributed by atoms with E-state index in [4.69, 9.17) is 0 Å². The fourth-order valence-corrected chi connectivity index (χ4v) is 3.73. The van der Waals surface area contributed by atoms with Crippen molar-refractivity contribution in [3.63, 3.8) is 0 Å². The van der Waals surface area contributed by atoms with Gasteiger partial charge in [-0.05, 0) is 51.0 Å². The maximum Gasteiger partial charge on any atom is 0.226 e. The van der Waals surface area contributed by atoms with Crippen LogP contribution in [-0.2, 0) is 4.79 Å². The van der Waals surface area contributed by atoms with E-state index in [1.54, 1.807) is 4.68 Å². The van der Waals surface area contributed by atoms with Gasteiger partial charge in [-0.2, -0.15) is 5.10 Å². The predicted molar refractivity (Wildman–Crippen MR) is 109 cm³/mol. The highest BCUT2D eigenvalue weighted by Crippen LogP contribution is 2.38. The first-order valence-corrected chi connectivity index (χ1v) is 9.43. The third-order valence-electron chi connectivity index (χ3n) is 5.49. The Hall–Kier alpha value is -3.21. The van der Waals surface area contributed by atoms with Crippen LogP contribution in [0.4, 0.5) is 5.82 Å². The molecule has 1 N–H and O–H groups in total. The lowest BCUT2D eigenvalue weighted by atomic mass is 9.85. The smallest absolute Gasteiger partial charge is 0.226 e. The van der Waals surface area contributed by atoms with Crippen molar-refractivity contribution in [3.05, 3.63) is 76.0 Å². The molecule has 4 rings (SSSR count). The summed E-state index contributed by atoms with van der Waals surface area (Å²) >= 11 is 0. The van der Waals surface area contributed by atoms with Crippen LogP contribution in [0.5, 0.6) is 0 Å². The Bertz CT molecular complexity index is 1090. The highest BCUT2D eigenvalue weighted by Gasteiger charge is 2.36. The summed E-state index contributed by atoms with van der Waals surface area (Å²) in [5.74, 6) is -0.129. The number of nitrogens with one attached hydrogen (secondary N) is 1. The molecule has 0 radical (unpaired) electrons. The molecule has 0 saturated carbocycles. The molecule has 0 aliphatic carbocycles. The van der Waals surface area contributed by atoms with E-state index in [1.807, 2.05) is 63.2 Å². The van der Waals surface area contributed by atoms with E-state index in [2.05, 4.69) is 17.3 Å². The van der Waals surface area contributed by atoms with Gasteiger partial charge in [0.2, 0.25) is 5.91 Å². The lowest BCUT2D eigenvalue weighted by Crippen LogP contribution is -2.28. The minimum absolute atomic E-state index is 0.0427. The number of Topliss-reactive ketones (excluding diaryl/α,β-unsaturated/α-hetero) is 1. The van der Waals surface area contributed by atoms with Gasteiger partial charge < -0.3 is 5.32 Å². The molecule has 2 heterocycles. The fraction of sp³-hybridized carbons (Fsp3) is 0.261. The van der Waals surface area contributed by atoms with Gasteiger partial charge in [0.1, 0.15) is 5.82 Å². The summed E-state index contributed by atoms with van der Waals surface area (Å²) in [6.45, 7) is 7.98. The average molecular weight is 373 g/mol. The molecular weight excluding hydrogens is 350 g/mol. The van der Waals surface area contributed by atoms with Gasteiger partial charge >= 0.3 is 0 Å². The number of ketones is 1. The number of aromatic nitrogens is 2. The van der Waals surface area contributed by atoms with Crippen molar-refractivity contribution in [2.75, 3.05) is 5.32 Å². The Kier molecular flexibility index (Phi) is 4.38. The van der Waals surface area contributed by atoms with Crippen molar-refractivity contribution in [2.45, 2.75) is 40.0 Å². The van der Waals surface area contributed by atoms with Crippen LogP contribution in [0.25, 0.3) is 5.69 Å². The molecule has 5 heteroatoms. The number of carbonyl (C=O) groups excluding carboxylic acids is 2. The second kappa shape index (κ2) is 6.75. The summed E-state index contributed by atoms with van der Waals surface area (Å²) in [6.07, 6.45) is 0.138. The lowest BCUT2D eigenvalue weighted by Gasteiger charge is -2.23. The van der Waals surface area contributed by atoms with Crippen molar-refractivity contribution in [3.8, 4) is 5.69 Å². The van der Waals surface area contributed by atoms with Gasteiger partial charge in [-0.3, -0.25) is 9.59 Å². The number of hydrogen-bond donors (Lipinski definition) is 1. The number of aryl methyl sites for hydroxylation is 4. The van der Waals surface area contributed by atoms with Gasteiger partial charge in [0.25, 0.3) is 0 Å². The second-order valence-corrected chi connectivity index (χ2v) is 7.56. The van der Waals surface area contributed by atoms with Crippen LogP contribution < -0.4 is 5.32 Å². The Morgan fingerprint density at radius 3 is 2.43 bits per heavy atom. The number of benzene rings is 2. The molecule has 0 bridgehead atoms. The van der Waals surface area contributed by atoms with Crippen LogP contribution >= 0.6 is 0 Å². The largest absolute Gasteiger partial charge is 0.310 e. The first-order valence-electron chi connectivity index (χ1n) is 9.43. The summed E-state index contributed by atoms with van der Waals surface area (Å²) in [5.41, 5.74) is 6.50. The van der Waals surface area contributed by atoms with Crippen molar-refractivity contribution >= 4 is 17.5 Å². The molecule has 1 atom stereocenters. The number of fused-ring (bicyclic) bond motifs is 1. The van der Waals surface area contributed by atoms with Crippen molar-refractivity contribution in [1.29, 1.82) is 0 Å². The molecular formula is C23H23N3O2. The Balaban J connectivity index is 1.82.